The number of nitrogens with one attached hydrogen (secondary N) is 1. The second-order valence-electron chi connectivity index (χ2n) is 8.89. The van der Waals surface area contributed by atoms with Crippen LogP contribution in [0.3, 0.4) is 0 Å². The van der Waals surface area contributed by atoms with Crippen LogP contribution in [0.4, 0.5) is 18.9 Å². The molecule has 0 saturated carbocycles. The standard InChI is InChI=1S/C24H28Cl2F3N3O4S/c1-15(2)12-30-23(34)16(3)31(13-17-5-7-18(25)8-6-17)22(33)14-32(37(4,35)36)19-9-10-21(26)20(11-19)24(27,28)29/h5-11,15-16H,12-14H2,1-4H3,(H,30,34)/t16-/m1/s1. The number of anilines is 1. The maximum absolute atomic E-state index is 13.4. The zero-order chi connectivity index (χ0) is 28.1. The molecule has 0 aliphatic heterocycles. The molecular formula is C24H28Cl2F3N3O4S. The van der Waals surface area contributed by atoms with Crippen molar-refractivity contribution < 1.29 is 31.2 Å². The fourth-order valence-electron chi connectivity index (χ4n) is 3.32. The number of sulfonamides is 1. The molecular weight excluding hydrogens is 554 g/mol. The summed E-state index contributed by atoms with van der Waals surface area (Å²) in [4.78, 5) is 27.4. The molecule has 0 unspecified atom stereocenters. The van der Waals surface area contributed by atoms with Gasteiger partial charge < -0.3 is 10.2 Å². The highest BCUT2D eigenvalue weighted by atomic mass is 35.5. The number of nitrogens with zero attached hydrogens (tertiary/aromatic N) is 2. The molecule has 2 aromatic carbocycles. The second-order valence-corrected chi connectivity index (χ2v) is 11.6. The number of rotatable bonds is 10. The number of alkyl halides is 3. The van der Waals surface area contributed by atoms with E-state index in [9.17, 15) is 31.2 Å². The van der Waals surface area contributed by atoms with Gasteiger partial charge in [-0.25, -0.2) is 8.42 Å². The Morgan fingerprint density at radius 3 is 2.14 bits per heavy atom. The molecule has 0 radical (unpaired) electrons. The van der Waals surface area contributed by atoms with Gasteiger partial charge in [0.15, 0.2) is 0 Å². The summed E-state index contributed by atoms with van der Waals surface area (Å²) < 4.78 is 65.8. The minimum Gasteiger partial charge on any atom is -0.354 e. The van der Waals surface area contributed by atoms with Gasteiger partial charge in [0.25, 0.3) is 0 Å². The van der Waals surface area contributed by atoms with Crippen LogP contribution < -0.4 is 9.62 Å². The molecule has 1 N–H and O–H groups in total. The smallest absolute Gasteiger partial charge is 0.354 e. The van der Waals surface area contributed by atoms with E-state index in [2.05, 4.69) is 5.32 Å². The van der Waals surface area contributed by atoms with Crippen molar-refractivity contribution in [3.05, 3.63) is 63.6 Å². The van der Waals surface area contributed by atoms with E-state index < -0.39 is 56.9 Å². The SMILES string of the molecule is CC(C)CNC(=O)[C@@H](C)N(Cc1ccc(Cl)cc1)C(=O)CN(c1ccc(Cl)c(C(F)(F)F)c1)S(C)(=O)=O. The van der Waals surface area contributed by atoms with Gasteiger partial charge in [0.05, 0.1) is 22.5 Å². The van der Waals surface area contributed by atoms with Crippen LogP contribution in [0.2, 0.25) is 10.0 Å². The fraction of sp³-hybridized carbons (Fsp3) is 0.417. The predicted molar refractivity (Wildman–Crippen MR) is 138 cm³/mol. The van der Waals surface area contributed by atoms with Gasteiger partial charge in [-0.2, -0.15) is 13.2 Å². The molecule has 1 atom stereocenters. The molecule has 0 aromatic heterocycles. The van der Waals surface area contributed by atoms with Gasteiger partial charge in [-0.15, -0.1) is 0 Å². The summed E-state index contributed by atoms with van der Waals surface area (Å²) >= 11 is 11.6. The maximum Gasteiger partial charge on any atom is 0.417 e. The van der Waals surface area contributed by atoms with Gasteiger partial charge in [0.2, 0.25) is 21.8 Å². The van der Waals surface area contributed by atoms with Crippen molar-refractivity contribution in [1.29, 1.82) is 0 Å². The number of hydrogen-bond acceptors (Lipinski definition) is 4. The molecule has 7 nitrogen and oxygen atoms in total. The largest absolute Gasteiger partial charge is 0.417 e. The van der Waals surface area contributed by atoms with E-state index in [1.54, 1.807) is 24.3 Å². The van der Waals surface area contributed by atoms with Crippen LogP contribution in [-0.4, -0.2) is 50.5 Å². The predicted octanol–water partition coefficient (Wildman–Crippen LogP) is 4.97. The second kappa shape index (κ2) is 12.4. The number of carbonyl (C=O) groups is 2. The van der Waals surface area contributed by atoms with E-state index in [1.165, 1.54) is 6.92 Å². The number of carbonyl (C=O) groups excluding carboxylic acids is 2. The van der Waals surface area contributed by atoms with Crippen LogP contribution in [-0.2, 0) is 32.3 Å². The molecule has 2 aromatic rings. The van der Waals surface area contributed by atoms with E-state index in [0.717, 1.165) is 23.3 Å². The van der Waals surface area contributed by atoms with E-state index in [4.69, 9.17) is 23.2 Å². The first-order chi connectivity index (χ1) is 17.0. The maximum atomic E-state index is 13.4. The highest BCUT2D eigenvalue weighted by Crippen LogP contribution is 2.37. The summed E-state index contributed by atoms with van der Waals surface area (Å²) in [6, 6.07) is 8.02. The number of amides is 2. The molecule has 0 heterocycles. The van der Waals surface area contributed by atoms with Crippen molar-refractivity contribution in [3.8, 4) is 0 Å². The van der Waals surface area contributed by atoms with Crippen LogP contribution in [0.15, 0.2) is 42.5 Å². The van der Waals surface area contributed by atoms with E-state index in [0.29, 0.717) is 27.5 Å². The van der Waals surface area contributed by atoms with Crippen molar-refractivity contribution >= 4 is 50.7 Å². The van der Waals surface area contributed by atoms with E-state index in [1.807, 2.05) is 13.8 Å². The Hall–Kier alpha value is -2.50. The molecule has 0 spiro atoms. The first kappa shape index (κ1) is 30.7. The fourth-order valence-corrected chi connectivity index (χ4v) is 4.51. The van der Waals surface area contributed by atoms with Gasteiger partial charge in [0.1, 0.15) is 12.6 Å². The third-order valence-electron chi connectivity index (χ3n) is 5.34. The lowest BCUT2D eigenvalue weighted by molar-refractivity contribution is -0.139. The van der Waals surface area contributed by atoms with Crippen molar-refractivity contribution in [2.24, 2.45) is 5.92 Å². The van der Waals surface area contributed by atoms with E-state index >= 15 is 0 Å². The van der Waals surface area contributed by atoms with Crippen LogP contribution in [0.25, 0.3) is 0 Å². The summed E-state index contributed by atoms with van der Waals surface area (Å²) in [5.41, 5.74) is -1.03. The van der Waals surface area contributed by atoms with Gasteiger partial charge in [-0.05, 0) is 48.7 Å². The number of benzene rings is 2. The van der Waals surface area contributed by atoms with Crippen LogP contribution >= 0.6 is 23.2 Å². The van der Waals surface area contributed by atoms with Crippen molar-refractivity contribution in [1.82, 2.24) is 10.2 Å². The monoisotopic (exact) mass is 581 g/mol. The van der Waals surface area contributed by atoms with Gasteiger partial charge in [-0.3, -0.25) is 13.9 Å². The van der Waals surface area contributed by atoms with E-state index in [-0.39, 0.29) is 12.5 Å². The van der Waals surface area contributed by atoms with Gasteiger partial charge in [-0.1, -0.05) is 49.2 Å². The van der Waals surface area contributed by atoms with Crippen molar-refractivity contribution in [2.45, 2.75) is 39.5 Å². The molecule has 2 amide bonds. The molecule has 204 valence electrons. The minimum absolute atomic E-state index is 0.0711. The first-order valence-electron chi connectivity index (χ1n) is 11.2. The van der Waals surface area contributed by atoms with Crippen LogP contribution in [0.5, 0.6) is 0 Å². The lowest BCUT2D eigenvalue weighted by Gasteiger charge is -2.31. The third-order valence-corrected chi connectivity index (χ3v) is 7.06. The Balaban J connectivity index is 2.45. The molecule has 0 bridgehead atoms. The Morgan fingerprint density at radius 2 is 1.62 bits per heavy atom. The summed E-state index contributed by atoms with van der Waals surface area (Å²) in [6.45, 7) is 4.72. The summed E-state index contributed by atoms with van der Waals surface area (Å²) in [7, 11) is -4.21. The number of halogens is 5. The molecule has 0 aliphatic carbocycles. The third kappa shape index (κ3) is 8.79. The quantitative estimate of drug-likeness (QED) is 0.429. The molecule has 37 heavy (non-hydrogen) atoms. The highest BCUT2D eigenvalue weighted by Gasteiger charge is 2.35. The topological polar surface area (TPSA) is 86.8 Å². The molecule has 0 aliphatic rings. The average Bonchev–Trinajstić information content (AvgIpc) is 2.79. The molecule has 0 saturated heterocycles. The Kier molecular flexibility index (Phi) is 10.3. The highest BCUT2D eigenvalue weighted by molar-refractivity contribution is 7.92. The molecule has 0 fully saturated rings. The normalized spacial score (nSPS) is 12.8. The van der Waals surface area contributed by atoms with Gasteiger partial charge in [0, 0.05) is 18.1 Å². The lowest BCUT2D eigenvalue weighted by atomic mass is 10.1. The zero-order valence-electron chi connectivity index (χ0n) is 20.6. The Bertz CT molecular complexity index is 1220. The van der Waals surface area contributed by atoms with Crippen molar-refractivity contribution in [3.63, 3.8) is 0 Å². The average molecular weight is 582 g/mol. The van der Waals surface area contributed by atoms with Gasteiger partial charge >= 0.3 is 6.18 Å². The number of hydrogen-bond donors (Lipinski definition) is 1. The zero-order valence-corrected chi connectivity index (χ0v) is 23.0. The summed E-state index contributed by atoms with van der Waals surface area (Å²) in [5.74, 6) is -1.12. The Morgan fingerprint density at radius 1 is 1.03 bits per heavy atom. The minimum atomic E-state index is -4.84. The summed E-state index contributed by atoms with van der Waals surface area (Å²) in [5, 5.41) is 2.57. The Labute approximate surface area is 224 Å². The van der Waals surface area contributed by atoms with Crippen LogP contribution in [0, 0.1) is 5.92 Å². The first-order valence-corrected chi connectivity index (χ1v) is 13.8. The van der Waals surface area contributed by atoms with Crippen molar-refractivity contribution in [2.75, 3.05) is 23.7 Å². The molecule has 2 rings (SSSR count). The summed E-state index contributed by atoms with van der Waals surface area (Å²) in [6.07, 6.45) is -4.08. The molecule has 13 heteroatoms. The van der Waals surface area contributed by atoms with Crippen LogP contribution in [0.1, 0.15) is 31.9 Å². The lowest BCUT2D eigenvalue weighted by Crippen LogP contribution is -2.51.